The summed E-state index contributed by atoms with van der Waals surface area (Å²) in [5.41, 5.74) is 7.23. The van der Waals surface area contributed by atoms with Crippen LogP contribution in [0.5, 0.6) is 0 Å². The van der Waals surface area contributed by atoms with E-state index in [-0.39, 0.29) is 0 Å². The van der Waals surface area contributed by atoms with Gasteiger partial charge < -0.3 is 11.1 Å². The third-order valence-electron chi connectivity index (χ3n) is 2.24. The van der Waals surface area contributed by atoms with E-state index in [9.17, 15) is 0 Å². The highest BCUT2D eigenvalue weighted by atomic mass is 32.2. The molecule has 1 aromatic rings. The number of nitrogens with zero attached hydrogens (tertiary/aromatic N) is 1. The molecule has 0 radical (unpaired) electrons. The molecule has 1 aromatic heterocycles. The van der Waals surface area contributed by atoms with Crippen LogP contribution < -0.4 is 11.1 Å². The van der Waals surface area contributed by atoms with Crippen molar-refractivity contribution in [1.29, 1.82) is 0 Å². The van der Waals surface area contributed by atoms with E-state index < -0.39 is 0 Å². The zero-order valence-electron chi connectivity index (χ0n) is 9.56. The monoisotopic (exact) mass is 255 g/mol. The molecule has 0 aliphatic rings. The minimum Gasteiger partial charge on any atom is -0.388 e. The van der Waals surface area contributed by atoms with E-state index in [1.165, 1.54) is 0 Å². The van der Waals surface area contributed by atoms with E-state index in [1.54, 1.807) is 6.20 Å². The van der Waals surface area contributed by atoms with Crippen LogP contribution in [0.1, 0.15) is 19.0 Å². The second kappa shape index (κ2) is 6.70. The van der Waals surface area contributed by atoms with Crippen molar-refractivity contribution in [2.24, 2.45) is 5.73 Å². The van der Waals surface area contributed by atoms with E-state index in [2.05, 4.69) is 23.5 Å². The number of pyridine rings is 1. The Morgan fingerprint density at radius 3 is 3.00 bits per heavy atom. The first-order valence-electron chi connectivity index (χ1n) is 5.18. The molecular weight excluding hydrogens is 238 g/mol. The number of thioether (sulfide) groups is 1. The van der Waals surface area contributed by atoms with Gasteiger partial charge in [-0.25, -0.2) is 0 Å². The van der Waals surface area contributed by atoms with Crippen LogP contribution >= 0.6 is 24.0 Å². The number of nitrogens with one attached hydrogen (secondary N) is 1. The van der Waals surface area contributed by atoms with Gasteiger partial charge in [0, 0.05) is 23.7 Å². The molecule has 88 valence electrons. The molecule has 1 rings (SSSR count). The van der Waals surface area contributed by atoms with Gasteiger partial charge in [0.1, 0.15) is 4.99 Å². The smallest absolute Gasteiger partial charge is 0.122 e. The maximum atomic E-state index is 5.54. The van der Waals surface area contributed by atoms with Gasteiger partial charge in [0.05, 0.1) is 5.69 Å². The first-order valence-corrected chi connectivity index (χ1v) is 6.99. The second-order valence-electron chi connectivity index (χ2n) is 3.50. The van der Waals surface area contributed by atoms with Crippen LogP contribution in [0.2, 0.25) is 0 Å². The molecule has 1 heterocycles. The Morgan fingerprint density at radius 1 is 1.69 bits per heavy atom. The third kappa shape index (κ3) is 3.98. The molecule has 0 aliphatic carbocycles. The summed E-state index contributed by atoms with van der Waals surface area (Å²) < 4.78 is 0. The van der Waals surface area contributed by atoms with Crippen molar-refractivity contribution in [2.75, 3.05) is 17.3 Å². The number of thiocarbonyl (C=S) groups is 1. The lowest BCUT2D eigenvalue weighted by Gasteiger charge is -2.17. The molecule has 0 saturated carbocycles. The zero-order valence-corrected chi connectivity index (χ0v) is 11.2. The molecule has 0 spiro atoms. The van der Waals surface area contributed by atoms with Gasteiger partial charge in [-0.05, 0) is 24.8 Å². The minimum atomic E-state index is 0.335. The fraction of sp³-hybridized carbons (Fsp3) is 0.455. The van der Waals surface area contributed by atoms with Gasteiger partial charge in [0.25, 0.3) is 0 Å². The van der Waals surface area contributed by atoms with Gasteiger partial charge in [-0.15, -0.1) is 0 Å². The van der Waals surface area contributed by atoms with Crippen LogP contribution in [0.3, 0.4) is 0 Å². The normalized spacial score (nSPS) is 12.1. The molecule has 0 aromatic carbocycles. The maximum absolute atomic E-state index is 5.54. The largest absolute Gasteiger partial charge is 0.388 e. The lowest BCUT2D eigenvalue weighted by Crippen LogP contribution is -2.21. The number of anilines is 1. The topological polar surface area (TPSA) is 50.9 Å². The van der Waals surface area contributed by atoms with Gasteiger partial charge in [0.2, 0.25) is 0 Å². The summed E-state index contributed by atoms with van der Waals surface area (Å²) in [4.78, 5) is 4.44. The molecule has 1 unspecified atom stereocenters. The van der Waals surface area contributed by atoms with Crippen molar-refractivity contribution >= 4 is 34.7 Å². The summed E-state index contributed by atoms with van der Waals surface area (Å²) in [7, 11) is 0. The number of hydrogen-bond donors (Lipinski definition) is 2. The van der Waals surface area contributed by atoms with Crippen LogP contribution in [0.4, 0.5) is 5.69 Å². The average molecular weight is 255 g/mol. The quantitative estimate of drug-likeness (QED) is 0.764. The average Bonchev–Trinajstić information content (AvgIpc) is 2.29. The maximum Gasteiger partial charge on any atom is 0.122 e. The van der Waals surface area contributed by atoms with E-state index >= 15 is 0 Å². The zero-order chi connectivity index (χ0) is 12.0. The van der Waals surface area contributed by atoms with Crippen LogP contribution in [-0.2, 0) is 0 Å². The molecule has 0 bridgehead atoms. The molecular formula is C11H17N3S2. The minimum absolute atomic E-state index is 0.335. The number of nitrogens with two attached hydrogens (primary N) is 1. The van der Waals surface area contributed by atoms with Gasteiger partial charge in [-0.3, -0.25) is 4.98 Å². The number of hydrogen-bond acceptors (Lipinski definition) is 4. The molecule has 3 N–H and O–H groups in total. The van der Waals surface area contributed by atoms with E-state index in [4.69, 9.17) is 18.0 Å². The van der Waals surface area contributed by atoms with E-state index in [1.807, 2.05) is 23.9 Å². The fourth-order valence-corrected chi connectivity index (χ4v) is 2.19. The molecule has 1 atom stereocenters. The van der Waals surface area contributed by atoms with E-state index in [0.717, 1.165) is 17.9 Å². The highest BCUT2D eigenvalue weighted by Gasteiger charge is 2.06. The van der Waals surface area contributed by atoms with Crippen molar-refractivity contribution in [2.45, 2.75) is 19.4 Å². The summed E-state index contributed by atoms with van der Waals surface area (Å²) in [5, 5.41) is 3.45. The molecule has 0 saturated heterocycles. The number of rotatable bonds is 6. The predicted octanol–water partition coefficient (Wildman–Crippen LogP) is 2.27. The highest BCUT2D eigenvalue weighted by Crippen LogP contribution is 2.13. The van der Waals surface area contributed by atoms with Gasteiger partial charge in [-0.1, -0.05) is 19.1 Å². The summed E-state index contributed by atoms with van der Waals surface area (Å²) in [6, 6.07) is 4.30. The van der Waals surface area contributed by atoms with E-state index in [0.29, 0.717) is 16.7 Å². The van der Waals surface area contributed by atoms with Gasteiger partial charge in [0.15, 0.2) is 0 Å². The van der Waals surface area contributed by atoms with Crippen molar-refractivity contribution < 1.29 is 0 Å². The molecule has 16 heavy (non-hydrogen) atoms. The molecule has 5 heteroatoms. The summed E-state index contributed by atoms with van der Waals surface area (Å²) in [6.07, 6.45) is 4.92. The van der Waals surface area contributed by atoms with Crippen LogP contribution in [0.25, 0.3) is 0 Å². The van der Waals surface area contributed by atoms with Crippen molar-refractivity contribution in [3.05, 3.63) is 24.0 Å². The number of aromatic nitrogens is 1. The second-order valence-corrected chi connectivity index (χ2v) is 4.85. The van der Waals surface area contributed by atoms with Gasteiger partial charge >= 0.3 is 0 Å². The Balaban J connectivity index is 2.72. The van der Waals surface area contributed by atoms with Crippen LogP contribution in [0.15, 0.2) is 18.3 Å². The Bertz CT molecular complexity index is 355. The van der Waals surface area contributed by atoms with Crippen LogP contribution in [-0.4, -0.2) is 28.0 Å². The molecule has 3 nitrogen and oxygen atoms in total. The Labute approximate surface area is 106 Å². The van der Waals surface area contributed by atoms with Crippen molar-refractivity contribution in [1.82, 2.24) is 4.98 Å². The SMILES string of the molecule is CCC(CSC)Nc1ccnc(C(N)=S)c1. The van der Waals surface area contributed by atoms with Crippen LogP contribution in [0, 0.1) is 0 Å². The summed E-state index contributed by atoms with van der Waals surface area (Å²) >= 11 is 6.73. The fourth-order valence-electron chi connectivity index (χ4n) is 1.35. The lowest BCUT2D eigenvalue weighted by atomic mass is 10.2. The summed E-state index contributed by atoms with van der Waals surface area (Å²) in [6.45, 7) is 2.17. The lowest BCUT2D eigenvalue weighted by molar-refractivity contribution is 0.774. The van der Waals surface area contributed by atoms with Crippen molar-refractivity contribution in [3.63, 3.8) is 0 Å². The first kappa shape index (κ1) is 13.3. The highest BCUT2D eigenvalue weighted by molar-refractivity contribution is 7.98. The van der Waals surface area contributed by atoms with Gasteiger partial charge in [-0.2, -0.15) is 11.8 Å². The molecule has 0 fully saturated rings. The molecule has 0 aliphatic heterocycles. The summed E-state index contributed by atoms with van der Waals surface area (Å²) in [5.74, 6) is 1.08. The first-order chi connectivity index (χ1) is 7.67. The third-order valence-corrected chi connectivity index (χ3v) is 3.19. The van der Waals surface area contributed by atoms with Crippen molar-refractivity contribution in [3.8, 4) is 0 Å². The predicted molar refractivity (Wildman–Crippen MR) is 76.2 cm³/mol. The molecule has 0 amide bonds. The Morgan fingerprint density at radius 2 is 2.44 bits per heavy atom. The Kier molecular flexibility index (Phi) is 5.55. The standard InChI is InChI=1S/C11H17N3S2/c1-3-8(7-16-2)14-9-4-5-13-10(6-9)11(12)15/h4-6,8H,3,7H2,1-2H3,(H2,12,15)(H,13,14). The Hall–Kier alpha value is -0.810.